The molecule has 9 nitrogen and oxygen atoms in total. The highest BCUT2D eigenvalue weighted by molar-refractivity contribution is 6.30. The zero-order valence-electron chi connectivity index (χ0n) is 16.9. The normalized spacial score (nSPS) is 22.9. The minimum absolute atomic E-state index is 0.339. The number of rotatable bonds is 6. The van der Waals surface area contributed by atoms with Crippen LogP contribution >= 0.6 is 11.6 Å². The number of imide groups is 1. The number of carbonyl (C=O) groups is 3. The Kier molecular flexibility index (Phi) is 5.25. The van der Waals surface area contributed by atoms with Crippen molar-refractivity contribution in [2.75, 3.05) is 33.9 Å². The standard InChI is InChI=1S/C20H22ClN5O4/c1-12-10-25-16-17(22-19(25)24(12)8-9-30-3)23(2)20(29)26(18(16)28)11-15(27)13-4-6-14(21)7-5-13/h4-7,10,16-17H,8-9,11H2,1-3H3. The van der Waals surface area contributed by atoms with Crippen LogP contribution in [0.2, 0.25) is 5.02 Å². The average Bonchev–Trinajstić information content (AvgIpc) is 3.23. The third kappa shape index (κ3) is 3.23. The number of hydrogen-bond donors (Lipinski definition) is 0. The summed E-state index contributed by atoms with van der Waals surface area (Å²) in [6.07, 6.45) is 1.20. The van der Waals surface area contributed by atoms with Crippen molar-refractivity contribution in [1.82, 2.24) is 19.6 Å². The summed E-state index contributed by atoms with van der Waals surface area (Å²) in [7, 11) is 3.21. The van der Waals surface area contributed by atoms with Crippen LogP contribution in [-0.4, -0.2) is 89.3 Å². The van der Waals surface area contributed by atoms with Gasteiger partial charge < -0.3 is 19.4 Å². The number of ketones is 1. The third-order valence-corrected chi connectivity index (χ3v) is 5.74. The number of ether oxygens (including phenoxy) is 1. The molecule has 1 aromatic carbocycles. The number of benzene rings is 1. The lowest BCUT2D eigenvalue weighted by molar-refractivity contribution is -0.136. The molecule has 158 valence electrons. The van der Waals surface area contributed by atoms with Crippen LogP contribution in [0.25, 0.3) is 0 Å². The molecule has 3 amide bonds. The topological polar surface area (TPSA) is 85.8 Å². The predicted octanol–water partition coefficient (Wildman–Crippen LogP) is 1.61. The van der Waals surface area contributed by atoms with E-state index < -0.39 is 24.1 Å². The second-order valence-corrected chi connectivity index (χ2v) is 7.79. The maximum absolute atomic E-state index is 13.3. The molecular weight excluding hydrogens is 410 g/mol. The van der Waals surface area contributed by atoms with E-state index in [0.717, 1.165) is 10.6 Å². The summed E-state index contributed by atoms with van der Waals surface area (Å²) in [6, 6.07) is 5.10. The zero-order valence-corrected chi connectivity index (χ0v) is 17.7. The number of aliphatic imine (C=N–C) groups is 1. The first-order chi connectivity index (χ1) is 14.3. The van der Waals surface area contributed by atoms with E-state index in [4.69, 9.17) is 16.3 Å². The Hall–Kier alpha value is -2.91. The summed E-state index contributed by atoms with van der Waals surface area (Å²) >= 11 is 5.87. The summed E-state index contributed by atoms with van der Waals surface area (Å²) in [6.45, 7) is 2.66. The van der Waals surface area contributed by atoms with Crippen molar-refractivity contribution < 1.29 is 19.1 Å². The Morgan fingerprint density at radius 1 is 1.20 bits per heavy atom. The highest BCUT2D eigenvalue weighted by Crippen LogP contribution is 2.33. The van der Waals surface area contributed by atoms with Crippen LogP contribution < -0.4 is 0 Å². The molecular formula is C20H22ClN5O4. The van der Waals surface area contributed by atoms with E-state index >= 15 is 0 Å². The minimum atomic E-state index is -0.705. The number of halogens is 1. The van der Waals surface area contributed by atoms with Gasteiger partial charge in [-0.3, -0.25) is 14.5 Å². The van der Waals surface area contributed by atoms with Crippen LogP contribution in [0.15, 0.2) is 41.2 Å². The number of carbonyl (C=O) groups excluding carboxylic acids is 3. The van der Waals surface area contributed by atoms with Crippen LogP contribution in [0, 0.1) is 0 Å². The first kappa shape index (κ1) is 20.4. The Morgan fingerprint density at radius 3 is 2.57 bits per heavy atom. The second kappa shape index (κ2) is 7.73. The molecule has 3 heterocycles. The molecule has 2 unspecified atom stereocenters. The monoisotopic (exact) mass is 431 g/mol. The highest BCUT2D eigenvalue weighted by Gasteiger charge is 2.54. The number of nitrogens with zero attached hydrogens (tertiary/aromatic N) is 5. The summed E-state index contributed by atoms with van der Waals surface area (Å²) in [5.41, 5.74) is 1.32. The van der Waals surface area contributed by atoms with Gasteiger partial charge in [0.25, 0.3) is 5.91 Å². The fourth-order valence-corrected chi connectivity index (χ4v) is 4.00. The lowest BCUT2D eigenvalue weighted by atomic mass is 10.1. The number of amides is 3. The number of allylic oxidation sites excluding steroid dienone is 1. The van der Waals surface area contributed by atoms with Crippen LogP contribution in [0.4, 0.5) is 4.79 Å². The molecule has 0 spiro atoms. The first-order valence-corrected chi connectivity index (χ1v) is 9.89. The van der Waals surface area contributed by atoms with Gasteiger partial charge >= 0.3 is 6.03 Å². The third-order valence-electron chi connectivity index (χ3n) is 5.49. The number of likely N-dealkylation sites (N-methyl/N-ethyl adjacent to an activating group) is 1. The van der Waals surface area contributed by atoms with Gasteiger partial charge in [0.05, 0.1) is 13.2 Å². The van der Waals surface area contributed by atoms with E-state index in [1.165, 1.54) is 4.90 Å². The number of Topliss-reactive ketones (excluding diaryl/α,β-unsaturated/α-hetero) is 1. The SMILES string of the molecule is COCCN1C(C)=CN2C1=NC1C2C(=O)N(CC(=O)c2ccc(Cl)cc2)C(=O)N1C. The molecule has 1 saturated heterocycles. The predicted molar refractivity (Wildman–Crippen MR) is 110 cm³/mol. The van der Waals surface area contributed by atoms with E-state index in [-0.39, 0.29) is 12.3 Å². The van der Waals surface area contributed by atoms with Crippen LogP contribution in [0.3, 0.4) is 0 Å². The Bertz CT molecular complexity index is 960. The average molecular weight is 432 g/mol. The molecule has 30 heavy (non-hydrogen) atoms. The molecule has 4 rings (SSSR count). The molecule has 0 aromatic heterocycles. The lowest BCUT2D eigenvalue weighted by Gasteiger charge is -2.39. The van der Waals surface area contributed by atoms with Crippen molar-refractivity contribution in [3.8, 4) is 0 Å². The van der Waals surface area contributed by atoms with Gasteiger partial charge in [-0.2, -0.15) is 0 Å². The minimum Gasteiger partial charge on any atom is -0.383 e. The Labute approximate surface area is 179 Å². The fourth-order valence-electron chi connectivity index (χ4n) is 3.88. The van der Waals surface area contributed by atoms with Crippen molar-refractivity contribution in [2.24, 2.45) is 4.99 Å². The molecule has 1 fully saturated rings. The quantitative estimate of drug-likeness (QED) is 0.636. The van der Waals surface area contributed by atoms with Gasteiger partial charge in [-0.1, -0.05) is 11.6 Å². The number of methoxy groups -OCH3 is 1. The molecule has 2 atom stereocenters. The number of fused-ring (bicyclic) bond motifs is 3. The van der Waals surface area contributed by atoms with Crippen molar-refractivity contribution in [3.63, 3.8) is 0 Å². The summed E-state index contributed by atoms with van der Waals surface area (Å²) < 4.78 is 5.16. The van der Waals surface area contributed by atoms with Gasteiger partial charge in [-0.05, 0) is 31.2 Å². The number of hydrogen-bond acceptors (Lipinski definition) is 7. The van der Waals surface area contributed by atoms with E-state index in [9.17, 15) is 14.4 Å². The summed E-state index contributed by atoms with van der Waals surface area (Å²) in [4.78, 5) is 49.6. The van der Waals surface area contributed by atoms with E-state index in [2.05, 4.69) is 4.99 Å². The number of urea groups is 1. The van der Waals surface area contributed by atoms with Gasteiger partial charge in [-0.15, -0.1) is 0 Å². The molecule has 3 aliphatic heterocycles. The lowest BCUT2D eigenvalue weighted by Crippen LogP contribution is -2.65. The zero-order chi connectivity index (χ0) is 21.6. The van der Waals surface area contributed by atoms with Crippen LogP contribution in [-0.2, 0) is 9.53 Å². The van der Waals surface area contributed by atoms with E-state index in [1.807, 2.05) is 18.0 Å². The van der Waals surface area contributed by atoms with E-state index in [1.54, 1.807) is 43.3 Å². The molecule has 10 heteroatoms. The molecule has 0 radical (unpaired) electrons. The highest BCUT2D eigenvalue weighted by atomic mass is 35.5. The van der Waals surface area contributed by atoms with Crippen molar-refractivity contribution in [3.05, 3.63) is 46.7 Å². The van der Waals surface area contributed by atoms with Gasteiger partial charge in [-0.25, -0.2) is 9.79 Å². The summed E-state index contributed by atoms with van der Waals surface area (Å²) in [5.74, 6) is -0.172. The molecule has 1 aromatic rings. The van der Waals surface area contributed by atoms with Crippen molar-refractivity contribution in [1.29, 1.82) is 0 Å². The largest absolute Gasteiger partial charge is 0.383 e. The van der Waals surface area contributed by atoms with E-state index in [0.29, 0.717) is 29.7 Å². The first-order valence-electron chi connectivity index (χ1n) is 9.51. The smallest absolute Gasteiger partial charge is 0.328 e. The van der Waals surface area contributed by atoms with Gasteiger partial charge in [0, 0.05) is 43.2 Å². The van der Waals surface area contributed by atoms with Gasteiger partial charge in [0.15, 0.2) is 18.0 Å². The molecule has 0 N–H and O–H groups in total. The van der Waals surface area contributed by atoms with Gasteiger partial charge in [0.1, 0.15) is 0 Å². The Morgan fingerprint density at radius 2 is 1.90 bits per heavy atom. The van der Waals surface area contributed by atoms with Crippen LogP contribution in [0.1, 0.15) is 17.3 Å². The molecule has 0 aliphatic carbocycles. The van der Waals surface area contributed by atoms with Crippen molar-refractivity contribution >= 4 is 35.3 Å². The van der Waals surface area contributed by atoms with Crippen LogP contribution in [0.5, 0.6) is 0 Å². The molecule has 0 bridgehead atoms. The maximum atomic E-state index is 13.3. The maximum Gasteiger partial charge on any atom is 0.328 e. The second-order valence-electron chi connectivity index (χ2n) is 7.36. The summed E-state index contributed by atoms with van der Waals surface area (Å²) in [5, 5.41) is 0.504. The Balaban J connectivity index is 1.57. The molecule has 3 aliphatic rings. The molecule has 0 saturated carbocycles. The number of guanidine groups is 1. The van der Waals surface area contributed by atoms with Crippen molar-refractivity contribution in [2.45, 2.75) is 19.1 Å². The fraction of sp³-hybridized carbons (Fsp3) is 0.400. The van der Waals surface area contributed by atoms with Gasteiger partial charge in [0.2, 0.25) is 5.96 Å².